The Morgan fingerprint density at radius 3 is 2.59 bits per heavy atom. The molecule has 0 spiro atoms. The third-order valence-electron chi connectivity index (χ3n) is 2.27. The molecule has 0 heterocycles. The number of nitrogen functional groups attached to an aromatic ring is 1. The molecule has 92 valence electrons. The summed E-state index contributed by atoms with van der Waals surface area (Å²) in [6, 6.07) is 4.34. The van der Waals surface area contributed by atoms with Crippen LogP contribution in [0.4, 0.5) is 5.69 Å². The molecule has 0 saturated carbocycles. The highest BCUT2D eigenvalue weighted by Crippen LogP contribution is 2.17. The third kappa shape index (κ3) is 3.18. The van der Waals surface area contributed by atoms with Crippen LogP contribution in [0.2, 0.25) is 0 Å². The Kier molecular flexibility index (Phi) is 4.06. The van der Waals surface area contributed by atoms with Crippen molar-refractivity contribution in [1.82, 2.24) is 0 Å². The van der Waals surface area contributed by atoms with Gasteiger partial charge in [-0.15, -0.1) is 0 Å². The van der Waals surface area contributed by atoms with Gasteiger partial charge in [-0.2, -0.15) is 0 Å². The number of carboxylic acids is 1. The fraction of sp³-hybridized carbons (Fsp3) is 0.273. The predicted octanol–water partition coefficient (Wildman–Crippen LogP) is 0.0434. The lowest BCUT2D eigenvalue weighted by Crippen LogP contribution is -2.22. The topological polar surface area (TPSA) is 110 Å². The minimum Gasteiger partial charge on any atom is -0.479 e. The number of methoxy groups -OCH3 is 1. The smallest absolute Gasteiger partial charge is 0.337 e. The first-order valence-electron chi connectivity index (χ1n) is 4.83. The zero-order chi connectivity index (χ0) is 13.0. The van der Waals surface area contributed by atoms with Gasteiger partial charge in [-0.05, 0) is 17.7 Å². The number of carboxylic acid groups (broad SMARTS) is 1. The molecule has 0 amide bonds. The summed E-state index contributed by atoms with van der Waals surface area (Å²) in [6.07, 6.45) is -1.62. The Labute approximate surface area is 97.6 Å². The molecule has 4 N–H and O–H groups in total. The van der Waals surface area contributed by atoms with E-state index < -0.39 is 18.0 Å². The number of rotatable bonds is 4. The van der Waals surface area contributed by atoms with E-state index in [4.69, 9.17) is 10.8 Å². The number of aliphatic carboxylic acids is 1. The van der Waals surface area contributed by atoms with Crippen LogP contribution < -0.4 is 5.73 Å². The molecule has 1 aromatic rings. The summed E-state index contributed by atoms with van der Waals surface area (Å²) >= 11 is 0. The quantitative estimate of drug-likeness (QED) is 0.505. The second kappa shape index (κ2) is 5.31. The Morgan fingerprint density at radius 1 is 1.47 bits per heavy atom. The van der Waals surface area contributed by atoms with Gasteiger partial charge in [-0.25, -0.2) is 9.59 Å². The third-order valence-corrected chi connectivity index (χ3v) is 2.27. The van der Waals surface area contributed by atoms with Crippen LogP contribution >= 0.6 is 0 Å². The molecule has 0 aromatic heterocycles. The zero-order valence-corrected chi connectivity index (χ0v) is 9.21. The van der Waals surface area contributed by atoms with Crippen molar-refractivity contribution in [3.8, 4) is 0 Å². The first-order chi connectivity index (χ1) is 7.95. The van der Waals surface area contributed by atoms with E-state index in [1.54, 1.807) is 0 Å². The summed E-state index contributed by atoms with van der Waals surface area (Å²) in [7, 11) is 1.25. The summed E-state index contributed by atoms with van der Waals surface area (Å²) in [5, 5.41) is 17.7. The van der Waals surface area contributed by atoms with Crippen LogP contribution in [0.15, 0.2) is 18.2 Å². The van der Waals surface area contributed by atoms with E-state index >= 15 is 0 Å². The van der Waals surface area contributed by atoms with Gasteiger partial charge < -0.3 is 20.7 Å². The first-order valence-corrected chi connectivity index (χ1v) is 4.83. The highest BCUT2D eigenvalue weighted by molar-refractivity contribution is 5.90. The maximum Gasteiger partial charge on any atom is 0.337 e. The molecular formula is C11H13NO5. The average Bonchev–Trinajstić information content (AvgIpc) is 2.30. The molecule has 0 bridgehead atoms. The average molecular weight is 239 g/mol. The molecular weight excluding hydrogens is 226 g/mol. The van der Waals surface area contributed by atoms with Gasteiger partial charge in [0.2, 0.25) is 0 Å². The summed E-state index contributed by atoms with van der Waals surface area (Å²) in [5.74, 6) is -1.84. The van der Waals surface area contributed by atoms with Gasteiger partial charge >= 0.3 is 11.9 Å². The fourth-order valence-electron chi connectivity index (χ4n) is 1.32. The molecule has 1 aromatic carbocycles. The van der Waals surface area contributed by atoms with E-state index in [1.807, 2.05) is 0 Å². The van der Waals surface area contributed by atoms with Crippen molar-refractivity contribution in [2.75, 3.05) is 12.8 Å². The molecule has 0 aliphatic heterocycles. The van der Waals surface area contributed by atoms with Crippen LogP contribution in [0.25, 0.3) is 0 Å². The lowest BCUT2D eigenvalue weighted by molar-refractivity contribution is -0.146. The molecule has 1 atom stereocenters. The van der Waals surface area contributed by atoms with Crippen LogP contribution in [-0.4, -0.2) is 35.4 Å². The van der Waals surface area contributed by atoms with Crippen LogP contribution in [-0.2, 0) is 16.0 Å². The first kappa shape index (κ1) is 13.0. The van der Waals surface area contributed by atoms with Crippen molar-refractivity contribution in [1.29, 1.82) is 0 Å². The van der Waals surface area contributed by atoms with Gasteiger partial charge in [-0.1, -0.05) is 6.07 Å². The Balaban J connectivity index is 2.90. The minimum absolute atomic E-state index is 0.109. The van der Waals surface area contributed by atoms with Crippen molar-refractivity contribution >= 4 is 17.6 Å². The number of carbonyl (C=O) groups is 2. The number of hydrogen-bond acceptors (Lipinski definition) is 5. The minimum atomic E-state index is -1.51. The molecule has 0 fully saturated rings. The number of aliphatic hydroxyl groups is 1. The van der Waals surface area contributed by atoms with Crippen molar-refractivity contribution in [2.45, 2.75) is 12.5 Å². The van der Waals surface area contributed by atoms with Crippen LogP contribution in [0.3, 0.4) is 0 Å². The van der Waals surface area contributed by atoms with Crippen LogP contribution in [0.1, 0.15) is 15.9 Å². The molecule has 6 heteroatoms. The second-order valence-electron chi connectivity index (χ2n) is 3.46. The predicted molar refractivity (Wildman–Crippen MR) is 59.5 cm³/mol. The number of benzene rings is 1. The number of ether oxygens (including phenoxy) is 1. The Bertz CT molecular complexity index is 443. The van der Waals surface area contributed by atoms with Gasteiger partial charge in [0.1, 0.15) is 0 Å². The highest BCUT2D eigenvalue weighted by atomic mass is 16.5. The normalized spacial score (nSPS) is 11.9. The van der Waals surface area contributed by atoms with Crippen molar-refractivity contribution in [3.63, 3.8) is 0 Å². The van der Waals surface area contributed by atoms with Crippen molar-refractivity contribution in [2.24, 2.45) is 0 Å². The summed E-state index contributed by atoms with van der Waals surface area (Å²) < 4.78 is 4.51. The number of hydrogen-bond donors (Lipinski definition) is 3. The molecule has 6 nitrogen and oxygen atoms in total. The second-order valence-corrected chi connectivity index (χ2v) is 3.46. The van der Waals surface area contributed by atoms with Crippen LogP contribution in [0, 0.1) is 0 Å². The van der Waals surface area contributed by atoms with Gasteiger partial charge in [0, 0.05) is 12.1 Å². The summed E-state index contributed by atoms with van der Waals surface area (Å²) in [4.78, 5) is 21.7. The monoisotopic (exact) mass is 239 g/mol. The lowest BCUT2D eigenvalue weighted by atomic mass is 10.0. The summed E-state index contributed by atoms with van der Waals surface area (Å²) in [6.45, 7) is 0. The number of aliphatic hydroxyl groups excluding tert-OH is 1. The van der Waals surface area contributed by atoms with Crippen molar-refractivity contribution < 1.29 is 24.5 Å². The zero-order valence-electron chi connectivity index (χ0n) is 9.21. The number of anilines is 1. The number of esters is 1. The number of nitrogens with two attached hydrogens (primary N) is 1. The summed E-state index contributed by atoms with van der Waals surface area (Å²) in [5.41, 5.74) is 6.64. The molecule has 0 aliphatic carbocycles. The lowest BCUT2D eigenvalue weighted by Gasteiger charge is -2.09. The molecule has 1 rings (SSSR count). The standard InChI is InChI=1S/C11H13NO5/c1-17-11(16)7-3-2-6(8(12)4-7)5-9(13)10(14)15/h2-4,9,13H,5,12H2,1H3,(H,14,15). The highest BCUT2D eigenvalue weighted by Gasteiger charge is 2.16. The van der Waals surface area contributed by atoms with E-state index in [-0.39, 0.29) is 17.7 Å². The van der Waals surface area contributed by atoms with E-state index in [9.17, 15) is 14.7 Å². The largest absolute Gasteiger partial charge is 0.479 e. The van der Waals surface area contributed by atoms with E-state index in [1.165, 1.54) is 25.3 Å². The van der Waals surface area contributed by atoms with Gasteiger partial charge in [-0.3, -0.25) is 0 Å². The van der Waals surface area contributed by atoms with Gasteiger partial charge in [0.15, 0.2) is 6.10 Å². The molecule has 0 saturated heterocycles. The fourth-order valence-corrected chi connectivity index (χ4v) is 1.32. The van der Waals surface area contributed by atoms with Crippen molar-refractivity contribution in [3.05, 3.63) is 29.3 Å². The van der Waals surface area contributed by atoms with E-state index in [2.05, 4.69) is 4.74 Å². The van der Waals surface area contributed by atoms with Gasteiger partial charge in [0.25, 0.3) is 0 Å². The molecule has 17 heavy (non-hydrogen) atoms. The SMILES string of the molecule is COC(=O)c1ccc(CC(O)C(=O)O)c(N)c1. The van der Waals surface area contributed by atoms with Crippen LogP contribution in [0.5, 0.6) is 0 Å². The maximum absolute atomic E-state index is 11.2. The van der Waals surface area contributed by atoms with Gasteiger partial charge in [0.05, 0.1) is 12.7 Å². The van der Waals surface area contributed by atoms with E-state index in [0.29, 0.717) is 5.56 Å². The Hall–Kier alpha value is -2.08. The Morgan fingerprint density at radius 2 is 2.12 bits per heavy atom. The molecule has 1 unspecified atom stereocenters. The molecule has 0 radical (unpaired) electrons. The molecule has 0 aliphatic rings. The maximum atomic E-state index is 11.2. The van der Waals surface area contributed by atoms with E-state index in [0.717, 1.165) is 0 Å². The number of carbonyl (C=O) groups excluding carboxylic acids is 1.